The van der Waals surface area contributed by atoms with E-state index in [9.17, 15) is 9.59 Å². The number of nitrogens with one attached hydrogen (secondary N) is 2. The Balaban J connectivity index is 1.51. The molecule has 1 aromatic carbocycles. The predicted octanol–water partition coefficient (Wildman–Crippen LogP) is 2.25. The monoisotopic (exact) mass is 496 g/mol. The van der Waals surface area contributed by atoms with E-state index in [1.165, 1.54) is 37.4 Å². The van der Waals surface area contributed by atoms with Crippen LogP contribution in [0.5, 0.6) is 5.75 Å². The fourth-order valence-electron chi connectivity index (χ4n) is 4.14. The molecule has 0 saturated carbocycles. The van der Waals surface area contributed by atoms with Crippen molar-refractivity contribution in [3.05, 3.63) is 41.0 Å². The van der Waals surface area contributed by atoms with E-state index in [0.29, 0.717) is 45.2 Å². The van der Waals surface area contributed by atoms with E-state index in [0.717, 1.165) is 13.0 Å². The zero-order valence-corrected chi connectivity index (χ0v) is 20.4. The summed E-state index contributed by atoms with van der Waals surface area (Å²) in [5.41, 5.74) is 12.6. The van der Waals surface area contributed by atoms with Crippen molar-refractivity contribution in [2.45, 2.75) is 25.3 Å². The van der Waals surface area contributed by atoms with Crippen molar-refractivity contribution in [2.75, 3.05) is 38.3 Å². The summed E-state index contributed by atoms with van der Waals surface area (Å²) in [4.78, 5) is 31.7. The van der Waals surface area contributed by atoms with Gasteiger partial charge in [-0.05, 0) is 45.0 Å². The first-order valence-electron chi connectivity index (χ1n) is 11.2. The fourth-order valence-corrected chi connectivity index (χ4v) is 4.99. The quantitative estimate of drug-likeness (QED) is 0.348. The first kappa shape index (κ1) is 24.4. The number of nitrogen functional groups attached to an aromatic ring is 1. The third-order valence-electron chi connectivity index (χ3n) is 5.93. The Morgan fingerprint density at radius 3 is 2.83 bits per heavy atom. The number of aromatic nitrogens is 3. The maximum atomic E-state index is 12.7. The molecule has 1 atom stereocenters. The smallest absolute Gasteiger partial charge is 0.271 e. The minimum atomic E-state index is -0.745. The lowest BCUT2D eigenvalue weighted by Crippen LogP contribution is -2.31. The van der Waals surface area contributed by atoms with E-state index in [4.69, 9.17) is 16.2 Å². The van der Waals surface area contributed by atoms with E-state index in [2.05, 4.69) is 37.8 Å². The average Bonchev–Trinajstić information content (AvgIpc) is 3.48. The second kappa shape index (κ2) is 10.7. The number of hydrogen-bond donors (Lipinski definition) is 4. The number of benzene rings is 1. The van der Waals surface area contributed by atoms with Crippen LogP contribution in [0.2, 0.25) is 0 Å². The Hall–Kier alpha value is -3.77. The highest BCUT2D eigenvalue weighted by Gasteiger charge is 2.22. The predicted molar refractivity (Wildman–Crippen MR) is 135 cm³/mol. The van der Waals surface area contributed by atoms with E-state index in [1.807, 2.05) is 6.07 Å². The summed E-state index contributed by atoms with van der Waals surface area (Å²) in [6, 6.07) is 7.41. The zero-order valence-electron chi connectivity index (χ0n) is 19.6. The first-order chi connectivity index (χ1) is 16.9. The Kier molecular flexibility index (Phi) is 7.42. The van der Waals surface area contributed by atoms with Crippen molar-refractivity contribution in [3.8, 4) is 16.3 Å². The normalized spacial score (nSPS) is 15.7. The molecule has 1 saturated heterocycles. The van der Waals surface area contributed by atoms with Gasteiger partial charge in [0.2, 0.25) is 0 Å². The van der Waals surface area contributed by atoms with Gasteiger partial charge in [0, 0.05) is 18.7 Å². The summed E-state index contributed by atoms with van der Waals surface area (Å²) >= 11 is 1.27. The van der Waals surface area contributed by atoms with Gasteiger partial charge in [-0.25, -0.2) is 4.98 Å². The molecule has 4 rings (SSSR count). The molecule has 3 aromatic rings. The zero-order chi connectivity index (χ0) is 24.9. The van der Waals surface area contributed by atoms with Gasteiger partial charge in [0.1, 0.15) is 15.7 Å². The molecule has 35 heavy (non-hydrogen) atoms. The number of anilines is 3. The van der Waals surface area contributed by atoms with Crippen LogP contribution in [0.25, 0.3) is 10.6 Å². The number of nitrogens with two attached hydrogens (primary N) is 2. The minimum Gasteiger partial charge on any atom is -0.494 e. The first-order valence-corrected chi connectivity index (χ1v) is 12.0. The Bertz CT molecular complexity index is 1230. The van der Waals surface area contributed by atoms with Gasteiger partial charge in [-0.2, -0.15) is 0 Å². The van der Waals surface area contributed by atoms with Crippen LogP contribution in [0.3, 0.4) is 0 Å². The van der Waals surface area contributed by atoms with Crippen LogP contribution in [0.4, 0.5) is 17.2 Å². The molecule has 6 N–H and O–H groups in total. The highest BCUT2D eigenvalue weighted by atomic mass is 32.1. The summed E-state index contributed by atoms with van der Waals surface area (Å²) < 4.78 is 5.65. The second-order valence-electron chi connectivity index (χ2n) is 8.26. The van der Waals surface area contributed by atoms with Gasteiger partial charge in [0.25, 0.3) is 11.8 Å². The Labute approximate surface area is 206 Å². The highest BCUT2D eigenvalue weighted by Crippen LogP contribution is 2.39. The molecule has 2 amide bonds. The summed E-state index contributed by atoms with van der Waals surface area (Å²) in [6.07, 6.45) is 4.87. The minimum absolute atomic E-state index is 0.0522. The number of primary amides is 1. The Morgan fingerprint density at radius 2 is 2.11 bits per heavy atom. The SMILES string of the molecule is COc1c(Nc2cc(N)nnc2C(N)=O)cccc1-c1ncc(C(=O)NCCC2CCCN2C)s1. The van der Waals surface area contributed by atoms with Crippen molar-refractivity contribution in [3.63, 3.8) is 0 Å². The van der Waals surface area contributed by atoms with Crippen LogP contribution in [-0.2, 0) is 0 Å². The second-order valence-corrected chi connectivity index (χ2v) is 9.29. The van der Waals surface area contributed by atoms with Crippen LogP contribution < -0.4 is 26.8 Å². The lowest BCUT2D eigenvalue weighted by Gasteiger charge is -2.19. The Morgan fingerprint density at radius 1 is 1.29 bits per heavy atom. The molecule has 1 unspecified atom stereocenters. The summed E-state index contributed by atoms with van der Waals surface area (Å²) in [5, 5.41) is 14.2. The molecule has 1 aliphatic heterocycles. The number of rotatable bonds is 9. The van der Waals surface area contributed by atoms with Gasteiger partial charge < -0.3 is 31.7 Å². The largest absolute Gasteiger partial charge is 0.494 e. The van der Waals surface area contributed by atoms with Gasteiger partial charge in [0.15, 0.2) is 11.4 Å². The number of hydrogen-bond acceptors (Lipinski definition) is 10. The van der Waals surface area contributed by atoms with Crippen LogP contribution in [-0.4, -0.2) is 65.2 Å². The van der Waals surface area contributed by atoms with Crippen LogP contribution in [0.1, 0.15) is 39.4 Å². The van der Waals surface area contributed by atoms with Gasteiger partial charge in [0.05, 0.1) is 30.2 Å². The van der Waals surface area contributed by atoms with Gasteiger partial charge in [-0.15, -0.1) is 21.5 Å². The summed E-state index contributed by atoms with van der Waals surface area (Å²) in [6.45, 7) is 1.73. The van der Waals surface area contributed by atoms with E-state index < -0.39 is 5.91 Å². The molecule has 1 aliphatic rings. The maximum absolute atomic E-state index is 12.7. The van der Waals surface area contributed by atoms with E-state index in [-0.39, 0.29) is 17.4 Å². The molecule has 0 spiro atoms. The summed E-state index contributed by atoms with van der Waals surface area (Å²) in [5.74, 6) is -0.288. The fraction of sp³-hybridized carbons (Fsp3) is 0.348. The maximum Gasteiger partial charge on any atom is 0.271 e. The number of likely N-dealkylation sites (tertiary alicyclic amines) is 1. The molecule has 11 nitrogen and oxygen atoms in total. The number of amides is 2. The van der Waals surface area contributed by atoms with Crippen LogP contribution in [0.15, 0.2) is 30.5 Å². The number of para-hydroxylation sites is 1. The van der Waals surface area contributed by atoms with Crippen molar-refractivity contribution in [1.82, 2.24) is 25.4 Å². The number of ether oxygens (including phenoxy) is 1. The number of carbonyl (C=O) groups excluding carboxylic acids is 2. The van der Waals surface area contributed by atoms with Gasteiger partial charge in [-0.1, -0.05) is 6.07 Å². The van der Waals surface area contributed by atoms with Crippen molar-refractivity contribution < 1.29 is 14.3 Å². The van der Waals surface area contributed by atoms with E-state index in [1.54, 1.807) is 18.3 Å². The molecular weight excluding hydrogens is 468 g/mol. The van der Waals surface area contributed by atoms with Gasteiger partial charge >= 0.3 is 0 Å². The molecule has 0 aliphatic carbocycles. The lowest BCUT2D eigenvalue weighted by molar-refractivity contribution is 0.0952. The molecule has 1 fully saturated rings. The van der Waals surface area contributed by atoms with Crippen LogP contribution in [0, 0.1) is 0 Å². The third-order valence-corrected chi connectivity index (χ3v) is 6.96. The third kappa shape index (κ3) is 5.49. The highest BCUT2D eigenvalue weighted by molar-refractivity contribution is 7.17. The van der Waals surface area contributed by atoms with Crippen molar-refractivity contribution >= 4 is 40.3 Å². The molecule has 12 heteroatoms. The lowest BCUT2D eigenvalue weighted by atomic mass is 10.1. The van der Waals surface area contributed by atoms with Gasteiger partial charge in [-0.3, -0.25) is 9.59 Å². The molecule has 3 heterocycles. The number of thiazole rings is 1. The number of nitrogens with zero attached hydrogens (tertiary/aromatic N) is 4. The topological polar surface area (TPSA) is 161 Å². The van der Waals surface area contributed by atoms with E-state index >= 15 is 0 Å². The number of methoxy groups -OCH3 is 1. The molecular formula is C23H28N8O3S. The van der Waals surface area contributed by atoms with Crippen molar-refractivity contribution in [1.29, 1.82) is 0 Å². The van der Waals surface area contributed by atoms with Crippen LogP contribution >= 0.6 is 11.3 Å². The molecule has 184 valence electrons. The molecule has 0 radical (unpaired) electrons. The average molecular weight is 497 g/mol. The van der Waals surface area contributed by atoms with Crippen molar-refractivity contribution in [2.24, 2.45) is 5.73 Å². The molecule has 2 aromatic heterocycles. The molecule has 0 bridgehead atoms. The summed E-state index contributed by atoms with van der Waals surface area (Å²) in [7, 11) is 3.65. The number of carbonyl (C=O) groups is 2. The standard InChI is InChI=1S/C23H28N8O3S/c1-31-10-4-5-13(31)8-9-26-22(33)17-12-27-23(35-17)14-6-3-7-15(20(14)34-2)28-16-11-18(24)29-30-19(16)21(25)32/h3,6-7,11-13H,4-5,8-10H2,1-2H3,(H2,25,32)(H,26,33)(H3,24,28,29).